The Bertz CT molecular complexity index is 929. The van der Waals surface area contributed by atoms with Gasteiger partial charge in [0.05, 0.1) is 15.3 Å². The molecule has 134 valence electrons. The van der Waals surface area contributed by atoms with Crippen molar-refractivity contribution in [3.8, 4) is 5.69 Å². The third-order valence-electron chi connectivity index (χ3n) is 3.52. The number of aromatic nitrogens is 1. The number of nitrogens with zero attached hydrogens (tertiary/aromatic N) is 2. The van der Waals surface area contributed by atoms with Crippen molar-refractivity contribution in [2.24, 2.45) is 10.1 Å². The van der Waals surface area contributed by atoms with Crippen LogP contribution >= 0.6 is 22.6 Å². The van der Waals surface area contributed by atoms with E-state index in [1.165, 1.54) is 29.2 Å². The molecule has 1 unspecified atom stereocenters. The quantitative estimate of drug-likeness (QED) is 0.515. The van der Waals surface area contributed by atoms with Gasteiger partial charge in [0.1, 0.15) is 0 Å². The van der Waals surface area contributed by atoms with Crippen LogP contribution in [0.1, 0.15) is 23.2 Å². The average Bonchev–Trinajstić information content (AvgIpc) is 2.56. The van der Waals surface area contributed by atoms with E-state index in [0.29, 0.717) is 24.4 Å². The summed E-state index contributed by atoms with van der Waals surface area (Å²) in [6.45, 7) is 0.518. The fraction of sp³-hybridized carbons (Fsp3) is 0.294. The van der Waals surface area contributed by atoms with Crippen molar-refractivity contribution in [1.82, 2.24) is 4.57 Å². The molecule has 2 rings (SSSR count). The molecule has 25 heavy (non-hydrogen) atoms. The fourth-order valence-electron chi connectivity index (χ4n) is 2.21. The molecule has 2 N–H and O–H groups in total. The van der Waals surface area contributed by atoms with Gasteiger partial charge in [-0.15, -0.1) is 0 Å². The summed E-state index contributed by atoms with van der Waals surface area (Å²) in [5.41, 5.74) is 6.05. The van der Waals surface area contributed by atoms with Crippen LogP contribution in [0, 0.1) is 3.57 Å². The van der Waals surface area contributed by atoms with E-state index in [-0.39, 0.29) is 11.1 Å². The van der Waals surface area contributed by atoms with Crippen LogP contribution in [0.15, 0.2) is 51.8 Å². The van der Waals surface area contributed by atoms with Crippen LogP contribution in [-0.4, -0.2) is 33.2 Å². The monoisotopic (exact) mass is 473 g/mol. The minimum atomic E-state index is -2.61. The lowest BCUT2D eigenvalue weighted by Crippen LogP contribution is -2.18. The summed E-state index contributed by atoms with van der Waals surface area (Å²) in [5, 5.41) is 0. The summed E-state index contributed by atoms with van der Waals surface area (Å²) in [6, 6.07) is 10.1. The molecule has 0 fully saturated rings. The van der Waals surface area contributed by atoms with Gasteiger partial charge in [-0.2, -0.15) is 4.36 Å². The number of amides is 1. The Morgan fingerprint density at radius 2 is 1.88 bits per heavy atom. The number of carbonyl (C=O) groups excluding carboxylic acids is 1. The highest BCUT2D eigenvalue weighted by atomic mass is 127. The highest BCUT2D eigenvalue weighted by Gasteiger charge is 2.11. The Hall–Kier alpha value is -1.52. The Morgan fingerprint density at radius 1 is 1.20 bits per heavy atom. The highest BCUT2D eigenvalue weighted by Crippen LogP contribution is 2.11. The van der Waals surface area contributed by atoms with Crippen molar-refractivity contribution in [3.05, 3.63) is 62.1 Å². The van der Waals surface area contributed by atoms with Crippen molar-refractivity contribution in [2.75, 3.05) is 18.6 Å². The van der Waals surface area contributed by atoms with E-state index in [1.807, 2.05) is 12.1 Å². The van der Waals surface area contributed by atoms with Crippen LogP contribution in [0.4, 0.5) is 0 Å². The zero-order chi connectivity index (χ0) is 18.4. The molecule has 0 bridgehead atoms. The zero-order valence-corrected chi connectivity index (χ0v) is 16.8. The molecule has 0 aliphatic heterocycles. The van der Waals surface area contributed by atoms with Gasteiger partial charge in [-0.25, -0.2) is 4.21 Å². The molecule has 0 aliphatic rings. The van der Waals surface area contributed by atoms with Gasteiger partial charge in [-0.3, -0.25) is 14.2 Å². The minimum absolute atomic E-state index is 0.228. The van der Waals surface area contributed by atoms with Crippen LogP contribution in [-0.2, 0) is 9.73 Å². The van der Waals surface area contributed by atoms with Gasteiger partial charge in [0.2, 0.25) is 0 Å². The first kappa shape index (κ1) is 19.8. The largest absolute Gasteiger partial charge is 0.330 e. The number of pyridine rings is 1. The normalized spacial score (nSPS) is 13.2. The maximum Gasteiger partial charge on any atom is 0.286 e. The smallest absolute Gasteiger partial charge is 0.286 e. The predicted octanol–water partition coefficient (Wildman–Crippen LogP) is 2.42. The van der Waals surface area contributed by atoms with Gasteiger partial charge in [-0.05, 0) is 72.3 Å². The van der Waals surface area contributed by atoms with E-state index in [9.17, 15) is 13.8 Å². The molecule has 0 radical (unpaired) electrons. The minimum Gasteiger partial charge on any atom is -0.330 e. The predicted molar refractivity (Wildman–Crippen MR) is 109 cm³/mol. The molecule has 1 atom stereocenters. The van der Waals surface area contributed by atoms with Crippen LogP contribution in [0.25, 0.3) is 5.69 Å². The van der Waals surface area contributed by atoms with Crippen LogP contribution in [0.3, 0.4) is 0 Å². The maximum atomic E-state index is 12.4. The van der Waals surface area contributed by atoms with E-state index in [0.717, 1.165) is 9.99 Å². The summed E-state index contributed by atoms with van der Waals surface area (Å²) < 4.78 is 18.7. The fourth-order valence-corrected chi connectivity index (χ4v) is 3.85. The van der Waals surface area contributed by atoms with Crippen LogP contribution < -0.4 is 11.3 Å². The van der Waals surface area contributed by atoms with Crippen molar-refractivity contribution >= 4 is 38.2 Å². The number of carbonyl (C=O) groups is 1. The molecule has 1 heterocycles. The maximum absolute atomic E-state index is 12.4. The number of rotatable bonds is 6. The number of benzene rings is 1. The standard InChI is InChI=1S/C17H20IN3O3S/c1-25(24,11-3-2-10-19)20-17(23)13-4-9-16(22)21(12-13)15-7-5-14(18)6-8-15/h4-9,12H,2-3,10-11,19H2,1H3. The summed E-state index contributed by atoms with van der Waals surface area (Å²) in [5.74, 6) is -0.258. The van der Waals surface area contributed by atoms with Gasteiger partial charge in [-0.1, -0.05) is 0 Å². The highest BCUT2D eigenvalue weighted by molar-refractivity contribution is 14.1. The van der Waals surface area contributed by atoms with E-state index in [1.54, 1.807) is 12.1 Å². The lowest BCUT2D eigenvalue weighted by atomic mass is 10.2. The van der Waals surface area contributed by atoms with E-state index in [4.69, 9.17) is 5.73 Å². The lowest BCUT2D eigenvalue weighted by molar-refractivity contribution is 0.100. The summed E-state index contributed by atoms with van der Waals surface area (Å²) >= 11 is 2.17. The topological polar surface area (TPSA) is 94.5 Å². The number of unbranched alkanes of at least 4 members (excludes halogenated alkanes) is 1. The third kappa shape index (κ3) is 5.75. The van der Waals surface area contributed by atoms with Gasteiger partial charge >= 0.3 is 0 Å². The number of hydrogen-bond donors (Lipinski definition) is 1. The molecule has 1 aromatic heterocycles. The second-order valence-electron chi connectivity index (χ2n) is 5.66. The molecular weight excluding hydrogens is 453 g/mol. The van der Waals surface area contributed by atoms with Crippen molar-refractivity contribution in [3.63, 3.8) is 0 Å². The van der Waals surface area contributed by atoms with Crippen molar-refractivity contribution in [1.29, 1.82) is 0 Å². The summed E-state index contributed by atoms with van der Waals surface area (Å²) in [7, 11) is -2.61. The molecule has 1 aromatic carbocycles. The molecule has 1 amide bonds. The van der Waals surface area contributed by atoms with Crippen molar-refractivity contribution < 1.29 is 9.00 Å². The zero-order valence-electron chi connectivity index (χ0n) is 13.9. The molecular formula is C17H20IN3O3S. The molecule has 0 saturated carbocycles. The van der Waals surface area contributed by atoms with Gasteiger partial charge in [0.15, 0.2) is 0 Å². The lowest BCUT2D eigenvalue weighted by Gasteiger charge is -2.08. The summed E-state index contributed by atoms with van der Waals surface area (Å²) in [4.78, 5) is 24.4. The molecule has 2 aromatic rings. The molecule has 0 aliphatic carbocycles. The third-order valence-corrected chi connectivity index (χ3v) is 5.83. The number of nitrogens with two attached hydrogens (primary N) is 1. The Labute approximate surface area is 160 Å². The first-order valence-corrected chi connectivity index (χ1v) is 10.9. The average molecular weight is 473 g/mol. The Morgan fingerprint density at radius 3 is 2.52 bits per heavy atom. The molecule has 8 heteroatoms. The second-order valence-corrected chi connectivity index (χ2v) is 9.41. The molecule has 6 nitrogen and oxygen atoms in total. The van der Waals surface area contributed by atoms with Gasteiger partial charge in [0, 0.05) is 33.5 Å². The first-order chi connectivity index (χ1) is 11.8. The first-order valence-electron chi connectivity index (χ1n) is 7.75. The summed E-state index contributed by atoms with van der Waals surface area (Å²) in [6.07, 6.45) is 4.30. The van der Waals surface area contributed by atoms with Gasteiger partial charge < -0.3 is 5.73 Å². The SMILES string of the molecule is CS(=O)(CCCCN)=NC(=O)c1ccc(=O)n(-c2ccc(I)cc2)c1. The van der Waals surface area contributed by atoms with Gasteiger partial charge in [0.25, 0.3) is 11.5 Å². The number of hydrogen-bond acceptors (Lipinski definition) is 4. The molecule has 0 saturated heterocycles. The van der Waals surface area contributed by atoms with Crippen molar-refractivity contribution in [2.45, 2.75) is 12.8 Å². The van der Waals surface area contributed by atoms with E-state index in [2.05, 4.69) is 27.0 Å². The van der Waals surface area contributed by atoms with Crippen LogP contribution in [0.5, 0.6) is 0 Å². The second kappa shape index (κ2) is 8.72. The Kier molecular flexibility index (Phi) is 6.91. The number of halogens is 1. The van der Waals surface area contributed by atoms with E-state index < -0.39 is 15.6 Å². The van der Waals surface area contributed by atoms with E-state index >= 15 is 0 Å². The molecule has 0 spiro atoms. The Balaban J connectivity index is 2.32. The van der Waals surface area contributed by atoms with Crippen LogP contribution in [0.2, 0.25) is 0 Å².